The highest BCUT2D eigenvalue weighted by molar-refractivity contribution is 5.93. The van der Waals surface area contributed by atoms with Crippen molar-refractivity contribution < 1.29 is 13.6 Å². The van der Waals surface area contributed by atoms with Crippen LogP contribution in [0, 0.1) is 5.82 Å². The summed E-state index contributed by atoms with van der Waals surface area (Å²) in [5.41, 5.74) is 2.60. The molecule has 0 bridgehead atoms. The van der Waals surface area contributed by atoms with Crippen molar-refractivity contribution in [1.29, 1.82) is 0 Å². The number of anilines is 1. The zero-order chi connectivity index (χ0) is 18.0. The zero-order valence-corrected chi connectivity index (χ0v) is 14.1. The lowest BCUT2D eigenvalue weighted by atomic mass is 9.93. The fraction of sp³-hybridized carbons (Fsp3) is 0.263. The van der Waals surface area contributed by atoms with Crippen molar-refractivity contribution in [2.45, 2.75) is 25.7 Å². The third-order valence-electron chi connectivity index (χ3n) is 4.34. The summed E-state index contributed by atoms with van der Waals surface area (Å²) in [6, 6.07) is 11.3. The van der Waals surface area contributed by atoms with E-state index in [-0.39, 0.29) is 17.6 Å². The molecule has 0 aliphatic rings. The van der Waals surface area contributed by atoms with E-state index in [2.05, 4.69) is 5.32 Å². The number of nitrogens with zero attached hydrogens (tertiary/aromatic N) is 1. The molecule has 130 valence electrons. The van der Waals surface area contributed by atoms with Crippen LogP contribution in [0.1, 0.15) is 31.2 Å². The number of aromatic nitrogens is 1. The van der Waals surface area contributed by atoms with Crippen LogP contribution >= 0.6 is 0 Å². The Bertz CT molecular complexity index is 957. The zero-order valence-electron chi connectivity index (χ0n) is 14.1. The number of hydrogen-bond acceptors (Lipinski definition) is 3. The van der Waals surface area contributed by atoms with Crippen LogP contribution < -0.4 is 11.1 Å². The summed E-state index contributed by atoms with van der Waals surface area (Å²) in [5, 5.41) is 2.82. The molecule has 0 saturated carbocycles. The number of fused-ring (bicyclic) bond motifs is 1. The second-order valence-electron chi connectivity index (χ2n) is 6.02. The van der Waals surface area contributed by atoms with Crippen molar-refractivity contribution in [3.8, 4) is 0 Å². The Morgan fingerprint density at radius 2 is 1.96 bits per heavy atom. The summed E-state index contributed by atoms with van der Waals surface area (Å²) >= 11 is 0. The van der Waals surface area contributed by atoms with E-state index in [0.29, 0.717) is 23.2 Å². The number of halogens is 1. The van der Waals surface area contributed by atoms with E-state index < -0.39 is 5.76 Å². The average Bonchev–Trinajstić information content (AvgIpc) is 2.87. The summed E-state index contributed by atoms with van der Waals surface area (Å²) < 4.78 is 19.6. The van der Waals surface area contributed by atoms with Crippen LogP contribution in [0.5, 0.6) is 0 Å². The molecular formula is C19H19FN2O3. The van der Waals surface area contributed by atoms with Gasteiger partial charge in [-0.3, -0.25) is 9.36 Å². The summed E-state index contributed by atoms with van der Waals surface area (Å²) in [6.07, 6.45) is 1.06. The lowest BCUT2D eigenvalue weighted by Gasteiger charge is -2.15. The number of benzene rings is 2. The number of nitrogens with one attached hydrogen (secondary N) is 1. The monoisotopic (exact) mass is 342 g/mol. The molecule has 3 rings (SSSR count). The van der Waals surface area contributed by atoms with Gasteiger partial charge in [-0.1, -0.05) is 19.1 Å². The van der Waals surface area contributed by atoms with Gasteiger partial charge in [0.2, 0.25) is 5.91 Å². The largest absolute Gasteiger partial charge is 0.419 e. The Morgan fingerprint density at radius 1 is 1.24 bits per heavy atom. The van der Waals surface area contributed by atoms with E-state index in [1.807, 2.05) is 6.92 Å². The molecule has 0 aliphatic heterocycles. The second kappa shape index (κ2) is 6.93. The van der Waals surface area contributed by atoms with Crippen molar-refractivity contribution in [2.75, 3.05) is 5.32 Å². The highest BCUT2D eigenvalue weighted by Crippen LogP contribution is 2.25. The Balaban J connectivity index is 1.73. The van der Waals surface area contributed by atoms with E-state index in [0.717, 1.165) is 12.0 Å². The molecule has 1 N–H and O–H groups in total. The number of hydrogen-bond donors (Lipinski definition) is 1. The van der Waals surface area contributed by atoms with Gasteiger partial charge in [-0.2, -0.15) is 0 Å². The molecular weight excluding hydrogens is 323 g/mol. The molecule has 2 aromatic carbocycles. The fourth-order valence-electron chi connectivity index (χ4n) is 2.88. The third-order valence-corrected chi connectivity index (χ3v) is 4.34. The minimum Gasteiger partial charge on any atom is -0.408 e. The lowest BCUT2D eigenvalue weighted by Crippen LogP contribution is -2.15. The summed E-state index contributed by atoms with van der Waals surface area (Å²) in [6.45, 7) is 1.99. The normalized spacial score (nSPS) is 12.3. The molecule has 0 spiro atoms. The van der Waals surface area contributed by atoms with E-state index in [1.54, 1.807) is 37.4 Å². The van der Waals surface area contributed by atoms with Gasteiger partial charge in [0, 0.05) is 25.2 Å². The maximum atomic E-state index is 13.0. The van der Waals surface area contributed by atoms with Crippen molar-refractivity contribution in [1.82, 2.24) is 4.57 Å². The van der Waals surface area contributed by atoms with Crippen LogP contribution in [0.4, 0.5) is 10.1 Å². The van der Waals surface area contributed by atoms with E-state index in [9.17, 15) is 14.0 Å². The molecule has 25 heavy (non-hydrogen) atoms. The number of rotatable bonds is 5. The number of carbonyl (C=O) groups excluding carboxylic acids is 1. The summed E-state index contributed by atoms with van der Waals surface area (Å²) in [4.78, 5) is 23.9. The van der Waals surface area contributed by atoms with Gasteiger partial charge < -0.3 is 9.73 Å². The molecule has 3 aromatic rings. The molecule has 5 nitrogen and oxygen atoms in total. The van der Waals surface area contributed by atoms with Crippen LogP contribution in [-0.4, -0.2) is 10.5 Å². The summed E-state index contributed by atoms with van der Waals surface area (Å²) in [7, 11) is 1.63. The third kappa shape index (κ3) is 3.63. The predicted molar refractivity (Wildman–Crippen MR) is 94.1 cm³/mol. The fourth-order valence-corrected chi connectivity index (χ4v) is 2.88. The smallest absolute Gasteiger partial charge is 0.408 e. The van der Waals surface area contributed by atoms with Crippen molar-refractivity contribution in [3.05, 3.63) is 64.4 Å². The molecule has 0 saturated heterocycles. The van der Waals surface area contributed by atoms with E-state index in [1.165, 1.54) is 16.7 Å². The Labute approximate surface area is 144 Å². The van der Waals surface area contributed by atoms with Crippen LogP contribution in [0.3, 0.4) is 0 Å². The Kier molecular flexibility index (Phi) is 4.70. The molecule has 1 atom stereocenters. The van der Waals surface area contributed by atoms with Gasteiger partial charge in [0.25, 0.3) is 0 Å². The first-order chi connectivity index (χ1) is 12.0. The molecule has 0 aliphatic carbocycles. The molecule has 1 heterocycles. The van der Waals surface area contributed by atoms with E-state index in [4.69, 9.17) is 4.42 Å². The Hall–Kier alpha value is -2.89. The van der Waals surface area contributed by atoms with Gasteiger partial charge in [0.1, 0.15) is 5.82 Å². The number of aryl methyl sites for hydroxylation is 1. The first-order valence-electron chi connectivity index (χ1n) is 8.13. The quantitative estimate of drug-likeness (QED) is 0.767. The highest BCUT2D eigenvalue weighted by Gasteiger charge is 2.15. The number of carbonyl (C=O) groups is 1. The molecule has 1 unspecified atom stereocenters. The summed E-state index contributed by atoms with van der Waals surface area (Å²) in [5.74, 6) is -0.866. The highest BCUT2D eigenvalue weighted by atomic mass is 19.1. The van der Waals surface area contributed by atoms with Gasteiger partial charge in [0.05, 0.1) is 5.52 Å². The average molecular weight is 342 g/mol. The minimum absolute atomic E-state index is 0.0130. The van der Waals surface area contributed by atoms with Gasteiger partial charge in [-0.25, -0.2) is 9.18 Å². The molecule has 1 aromatic heterocycles. The maximum Gasteiger partial charge on any atom is 0.419 e. The van der Waals surface area contributed by atoms with Crippen LogP contribution in [0.25, 0.3) is 11.1 Å². The first kappa shape index (κ1) is 17.0. The van der Waals surface area contributed by atoms with Crippen molar-refractivity contribution >= 4 is 22.7 Å². The first-order valence-corrected chi connectivity index (χ1v) is 8.13. The van der Waals surface area contributed by atoms with Gasteiger partial charge >= 0.3 is 5.76 Å². The van der Waals surface area contributed by atoms with E-state index >= 15 is 0 Å². The maximum absolute atomic E-state index is 13.0. The van der Waals surface area contributed by atoms with Crippen LogP contribution in [-0.2, 0) is 11.8 Å². The molecule has 0 fully saturated rings. The Morgan fingerprint density at radius 3 is 2.64 bits per heavy atom. The molecule has 0 radical (unpaired) electrons. The van der Waals surface area contributed by atoms with Gasteiger partial charge in [0.15, 0.2) is 5.58 Å². The van der Waals surface area contributed by atoms with Crippen LogP contribution in [0.2, 0.25) is 0 Å². The standard InChI is InChI=1S/C19H19FN2O3/c1-3-12(13-4-6-14(20)7-5-13)10-18(23)21-15-8-9-16-17(11-15)25-19(24)22(16)2/h4-9,11-12H,3,10H2,1-2H3,(H,21,23). The van der Waals surface area contributed by atoms with Gasteiger partial charge in [-0.05, 0) is 42.2 Å². The van der Waals surface area contributed by atoms with Crippen LogP contribution in [0.15, 0.2) is 51.7 Å². The topological polar surface area (TPSA) is 64.2 Å². The number of oxazole rings is 1. The molecule has 6 heteroatoms. The second-order valence-corrected chi connectivity index (χ2v) is 6.02. The van der Waals surface area contributed by atoms with Gasteiger partial charge in [-0.15, -0.1) is 0 Å². The van der Waals surface area contributed by atoms with Crippen molar-refractivity contribution in [2.24, 2.45) is 7.05 Å². The minimum atomic E-state index is -0.444. The van der Waals surface area contributed by atoms with Crippen molar-refractivity contribution in [3.63, 3.8) is 0 Å². The SMILES string of the molecule is CCC(CC(=O)Nc1ccc2c(c1)oc(=O)n2C)c1ccc(F)cc1. The predicted octanol–water partition coefficient (Wildman–Crippen LogP) is 3.79. The molecule has 1 amide bonds. The number of amides is 1. The lowest BCUT2D eigenvalue weighted by molar-refractivity contribution is -0.116.